The molecule has 3 nitrogen and oxygen atoms in total. The SMILES string of the molecule is CN(C)C(=O)c1ccc(C2CCNCC2)cc1.Cl. The van der Waals surface area contributed by atoms with Crippen molar-refractivity contribution in [1.29, 1.82) is 0 Å². The topological polar surface area (TPSA) is 32.3 Å². The van der Waals surface area contributed by atoms with Crippen LogP contribution in [0.1, 0.15) is 34.7 Å². The van der Waals surface area contributed by atoms with Gasteiger partial charge < -0.3 is 10.2 Å². The fourth-order valence-corrected chi connectivity index (χ4v) is 2.31. The molecule has 2 rings (SSSR count). The fourth-order valence-electron chi connectivity index (χ4n) is 2.31. The van der Waals surface area contributed by atoms with Gasteiger partial charge in [-0.25, -0.2) is 0 Å². The van der Waals surface area contributed by atoms with Gasteiger partial charge in [0, 0.05) is 19.7 Å². The lowest BCUT2D eigenvalue weighted by Crippen LogP contribution is -2.26. The molecule has 1 aliphatic heterocycles. The van der Waals surface area contributed by atoms with Crippen molar-refractivity contribution >= 4 is 18.3 Å². The highest BCUT2D eigenvalue weighted by molar-refractivity contribution is 5.93. The maximum atomic E-state index is 11.7. The van der Waals surface area contributed by atoms with Gasteiger partial charge >= 0.3 is 0 Å². The van der Waals surface area contributed by atoms with Gasteiger partial charge in [-0.3, -0.25) is 4.79 Å². The lowest BCUT2D eigenvalue weighted by molar-refractivity contribution is 0.0827. The van der Waals surface area contributed by atoms with Gasteiger partial charge in [0.05, 0.1) is 0 Å². The third-order valence-electron chi connectivity index (χ3n) is 3.37. The van der Waals surface area contributed by atoms with Gasteiger partial charge in [-0.1, -0.05) is 12.1 Å². The quantitative estimate of drug-likeness (QED) is 0.893. The Balaban J connectivity index is 0.00000162. The molecule has 0 saturated carbocycles. The summed E-state index contributed by atoms with van der Waals surface area (Å²) in [5.41, 5.74) is 2.13. The Morgan fingerprint density at radius 1 is 1.17 bits per heavy atom. The highest BCUT2D eigenvalue weighted by Gasteiger charge is 2.15. The van der Waals surface area contributed by atoms with Crippen molar-refractivity contribution < 1.29 is 4.79 Å². The number of nitrogens with one attached hydrogen (secondary N) is 1. The Kier molecular flexibility index (Phi) is 5.63. The number of piperidine rings is 1. The van der Waals surface area contributed by atoms with Gasteiger partial charge in [0.2, 0.25) is 0 Å². The highest BCUT2D eigenvalue weighted by atomic mass is 35.5. The first-order valence-corrected chi connectivity index (χ1v) is 6.21. The van der Waals surface area contributed by atoms with Crippen LogP contribution in [-0.2, 0) is 0 Å². The molecule has 100 valence electrons. The van der Waals surface area contributed by atoms with E-state index in [0.717, 1.165) is 18.7 Å². The molecule has 0 atom stereocenters. The predicted octanol–water partition coefficient (Wildman–Crippen LogP) is 2.28. The van der Waals surface area contributed by atoms with Crippen LogP contribution in [0.5, 0.6) is 0 Å². The second-order valence-corrected chi connectivity index (χ2v) is 4.85. The number of carbonyl (C=O) groups is 1. The molecule has 18 heavy (non-hydrogen) atoms. The summed E-state index contributed by atoms with van der Waals surface area (Å²) in [4.78, 5) is 13.4. The van der Waals surface area contributed by atoms with Crippen molar-refractivity contribution in [3.05, 3.63) is 35.4 Å². The minimum atomic E-state index is 0. The lowest BCUT2D eigenvalue weighted by atomic mass is 9.90. The lowest BCUT2D eigenvalue weighted by Gasteiger charge is -2.23. The van der Waals surface area contributed by atoms with E-state index < -0.39 is 0 Å². The number of halogens is 1. The Morgan fingerprint density at radius 2 is 1.72 bits per heavy atom. The van der Waals surface area contributed by atoms with E-state index >= 15 is 0 Å². The van der Waals surface area contributed by atoms with Gasteiger partial charge in [-0.2, -0.15) is 0 Å². The normalized spacial score (nSPS) is 15.9. The molecular formula is C14H21ClN2O. The van der Waals surface area contributed by atoms with Gasteiger partial charge in [0.15, 0.2) is 0 Å². The average Bonchev–Trinajstić information content (AvgIpc) is 2.39. The fraction of sp³-hybridized carbons (Fsp3) is 0.500. The second-order valence-electron chi connectivity index (χ2n) is 4.85. The summed E-state index contributed by atoms with van der Waals surface area (Å²) in [5, 5.41) is 3.37. The summed E-state index contributed by atoms with van der Waals surface area (Å²) in [6.45, 7) is 2.20. The molecule has 0 spiro atoms. The van der Waals surface area contributed by atoms with Crippen LogP contribution < -0.4 is 5.32 Å². The monoisotopic (exact) mass is 268 g/mol. The van der Waals surface area contributed by atoms with E-state index in [1.54, 1.807) is 19.0 Å². The minimum Gasteiger partial charge on any atom is -0.345 e. The van der Waals surface area contributed by atoms with Crippen LogP contribution in [0.25, 0.3) is 0 Å². The Labute approximate surface area is 115 Å². The van der Waals surface area contributed by atoms with E-state index in [-0.39, 0.29) is 18.3 Å². The third kappa shape index (κ3) is 3.47. The number of rotatable bonds is 2. The second kappa shape index (κ2) is 6.76. The Hall–Kier alpha value is -1.06. The zero-order chi connectivity index (χ0) is 12.3. The van der Waals surface area contributed by atoms with Crippen molar-refractivity contribution in [2.75, 3.05) is 27.2 Å². The van der Waals surface area contributed by atoms with Crippen LogP contribution in [0.4, 0.5) is 0 Å². The van der Waals surface area contributed by atoms with Crippen molar-refractivity contribution in [1.82, 2.24) is 10.2 Å². The standard InChI is InChI=1S/C14H20N2O.ClH/c1-16(2)14(17)13-5-3-11(4-6-13)12-7-9-15-10-8-12;/h3-6,12,15H,7-10H2,1-2H3;1H. The molecule has 0 unspecified atom stereocenters. The predicted molar refractivity (Wildman–Crippen MR) is 76.6 cm³/mol. The van der Waals surface area contributed by atoms with E-state index in [1.807, 2.05) is 12.1 Å². The first-order chi connectivity index (χ1) is 8.18. The minimum absolute atomic E-state index is 0. The maximum absolute atomic E-state index is 11.7. The number of amides is 1. The largest absolute Gasteiger partial charge is 0.345 e. The molecule has 1 aliphatic rings. The average molecular weight is 269 g/mol. The molecule has 1 fully saturated rings. The van der Waals surface area contributed by atoms with E-state index in [9.17, 15) is 4.79 Å². The Morgan fingerprint density at radius 3 is 2.22 bits per heavy atom. The summed E-state index contributed by atoms with van der Waals surface area (Å²) >= 11 is 0. The van der Waals surface area contributed by atoms with Crippen LogP contribution in [0.3, 0.4) is 0 Å². The number of hydrogen-bond acceptors (Lipinski definition) is 2. The van der Waals surface area contributed by atoms with Crippen molar-refractivity contribution in [2.24, 2.45) is 0 Å². The van der Waals surface area contributed by atoms with Gasteiger partial charge in [0.25, 0.3) is 5.91 Å². The molecular weight excluding hydrogens is 248 g/mol. The van der Waals surface area contributed by atoms with Gasteiger partial charge in [0.1, 0.15) is 0 Å². The van der Waals surface area contributed by atoms with Crippen LogP contribution in [0.2, 0.25) is 0 Å². The molecule has 1 heterocycles. The zero-order valence-corrected chi connectivity index (χ0v) is 11.8. The molecule has 0 radical (unpaired) electrons. The molecule has 4 heteroatoms. The summed E-state index contributed by atoms with van der Waals surface area (Å²) < 4.78 is 0. The van der Waals surface area contributed by atoms with Crippen molar-refractivity contribution in [3.8, 4) is 0 Å². The van der Waals surface area contributed by atoms with Crippen LogP contribution in [-0.4, -0.2) is 38.0 Å². The molecule has 1 aromatic rings. The summed E-state index contributed by atoms with van der Waals surface area (Å²) in [7, 11) is 3.56. The molecule has 0 aliphatic carbocycles. The van der Waals surface area contributed by atoms with Gasteiger partial charge in [-0.05, 0) is 49.5 Å². The molecule has 0 aromatic heterocycles. The van der Waals surface area contributed by atoms with Crippen LogP contribution in [0.15, 0.2) is 24.3 Å². The molecule has 1 N–H and O–H groups in total. The first-order valence-electron chi connectivity index (χ1n) is 6.21. The Bertz CT molecular complexity index is 383. The highest BCUT2D eigenvalue weighted by Crippen LogP contribution is 2.25. The maximum Gasteiger partial charge on any atom is 0.253 e. The summed E-state index contributed by atoms with van der Waals surface area (Å²) in [6, 6.07) is 8.10. The number of hydrogen-bond donors (Lipinski definition) is 1. The first kappa shape index (κ1) is 15.0. The number of carbonyl (C=O) groups excluding carboxylic acids is 1. The smallest absolute Gasteiger partial charge is 0.253 e. The van der Waals surface area contributed by atoms with E-state index in [1.165, 1.54) is 18.4 Å². The summed E-state index contributed by atoms with van der Waals surface area (Å²) in [5.74, 6) is 0.724. The van der Waals surface area contributed by atoms with Crippen molar-refractivity contribution in [2.45, 2.75) is 18.8 Å². The molecule has 0 bridgehead atoms. The van der Waals surface area contributed by atoms with E-state index in [4.69, 9.17) is 0 Å². The van der Waals surface area contributed by atoms with Crippen molar-refractivity contribution in [3.63, 3.8) is 0 Å². The summed E-state index contributed by atoms with van der Waals surface area (Å²) in [6.07, 6.45) is 2.39. The molecule has 1 aromatic carbocycles. The molecule has 1 saturated heterocycles. The zero-order valence-electron chi connectivity index (χ0n) is 11.0. The van der Waals surface area contributed by atoms with Crippen LogP contribution >= 0.6 is 12.4 Å². The van der Waals surface area contributed by atoms with Crippen LogP contribution in [0, 0.1) is 0 Å². The number of benzene rings is 1. The third-order valence-corrected chi connectivity index (χ3v) is 3.37. The number of nitrogens with zero attached hydrogens (tertiary/aromatic N) is 1. The van der Waals surface area contributed by atoms with E-state index in [2.05, 4.69) is 17.4 Å². The molecule has 1 amide bonds. The van der Waals surface area contributed by atoms with Gasteiger partial charge in [-0.15, -0.1) is 12.4 Å². The van der Waals surface area contributed by atoms with E-state index in [0.29, 0.717) is 5.92 Å².